The van der Waals surface area contributed by atoms with Crippen LogP contribution >= 0.6 is 0 Å². The standard InChI is InChI=1S/C12H21N3O/c1-5-6-10-11(13-4)14-8-15-12(10)16-7-9(2)3/h8-9H,5-7H2,1-4H3,(H,13,14,15). The van der Waals surface area contributed by atoms with Gasteiger partial charge in [-0.05, 0) is 12.3 Å². The second kappa shape index (κ2) is 6.30. The molecule has 1 aromatic heterocycles. The summed E-state index contributed by atoms with van der Waals surface area (Å²) in [6.45, 7) is 7.08. The summed E-state index contributed by atoms with van der Waals surface area (Å²) in [5.41, 5.74) is 1.08. The minimum atomic E-state index is 0.502. The molecule has 1 N–H and O–H groups in total. The van der Waals surface area contributed by atoms with Gasteiger partial charge in [0.1, 0.15) is 12.1 Å². The first-order chi connectivity index (χ1) is 7.69. The molecule has 0 saturated carbocycles. The van der Waals surface area contributed by atoms with E-state index in [1.807, 2.05) is 7.05 Å². The Bertz CT molecular complexity index is 326. The highest BCUT2D eigenvalue weighted by Crippen LogP contribution is 2.23. The summed E-state index contributed by atoms with van der Waals surface area (Å²) < 4.78 is 5.70. The number of rotatable bonds is 6. The van der Waals surface area contributed by atoms with Crippen LogP contribution in [0.15, 0.2) is 6.33 Å². The highest BCUT2D eigenvalue weighted by Gasteiger charge is 2.11. The molecule has 0 aromatic carbocycles. The fourth-order valence-corrected chi connectivity index (χ4v) is 1.46. The summed E-state index contributed by atoms with van der Waals surface area (Å²) in [4.78, 5) is 8.41. The quantitative estimate of drug-likeness (QED) is 0.805. The highest BCUT2D eigenvalue weighted by molar-refractivity contribution is 5.48. The monoisotopic (exact) mass is 223 g/mol. The van der Waals surface area contributed by atoms with Crippen LogP contribution in [-0.4, -0.2) is 23.6 Å². The number of hydrogen-bond acceptors (Lipinski definition) is 4. The maximum absolute atomic E-state index is 5.70. The Morgan fingerprint density at radius 3 is 2.69 bits per heavy atom. The Hall–Kier alpha value is -1.32. The second-order valence-corrected chi connectivity index (χ2v) is 4.21. The van der Waals surface area contributed by atoms with Crippen LogP contribution in [0.1, 0.15) is 32.8 Å². The highest BCUT2D eigenvalue weighted by atomic mass is 16.5. The number of nitrogens with zero attached hydrogens (tertiary/aromatic N) is 2. The smallest absolute Gasteiger partial charge is 0.221 e. The summed E-state index contributed by atoms with van der Waals surface area (Å²) in [5.74, 6) is 2.09. The average Bonchev–Trinajstić information content (AvgIpc) is 2.27. The zero-order valence-corrected chi connectivity index (χ0v) is 10.6. The molecule has 0 atom stereocenters. The van der Waals surface area contributed by atoms with Crippen LogP contribution in [0.4, 0.5) is 5.82 Å². The molecule has 0 aliphatic rings. The largest absolute Gasteiger partial charge is 0.477 e. The number of anilines is 1. The number of nitrogens with one attached hydrogen (secondary N) is 1. The molecule has 0 aliphatic heterocycles. The number of ether oxygens (including phenoxy) is 1. The van der Waals surface area contributed by atoms with Gasteiger partial charge in [0, 0.05) is 7.05 Å². The molecule has 0 spiro atoms. The first-order valence-electron chi connectivity index (χ1n) is 5.83. The molecule has 0 amide bonds. The SMILES string of the molecule is CCCc1c(NC)ncnc1OCC(C)C. The Balaban J connectivity index is 2.88. The van der Waals surface area contributed by atoms with Crippen molar-refractivity contribution in [3.05, 3.63) is 11.9 Å². The summed E-state index contributed by atoms with van der Waals surface area (Å²) in [6.07, 6.45) is 3.53. The number of aromatic nitrogens is 2. The van der Waals surface area contributed by atoms with Crippen molar-refractivity contribution in [2.45, 2.75) is 33.6 Å². The van der Waals surface area contributed by atoms with Crippen LogP contribution in [0.5, 0.6) is 5.88 Å². The Labute approximate surface area is 97.5 Å². The zero-order chi connectivity index (χ0) is 12.0. The van der Waals surface area contributed by atoms with Crippen molar-refractivity contribution in [3.63, 3.8) is 0 Å². The van der Waals surface area contributed by atoms with E-state index in [1.54, 1.807) is 6.33 Å². The van der Waals surface area contributed by atoms with Crippen molar-refractivity contribution in [3.8, 4) is 5.88 Å². The van der Waals surface area contributed by atoms with Gasteiger partial charge < -0.3 is 10.1 Å². The van der Waals surface area contributed by atoms with Gasteiger partial charge in [0.25, 0.3) is 0 Å². The average molecular weight is 223 g/mol. The van der Waals surface area contributed by atoms with E-state index < -0.39 is 0 Å². The van der Waals surface area contributed by atoms with Crippen LogP contribution in [0.25, 0.3) is 0 Å². The van der Waals surface area contributed by atoms with Crippen molar-refractivity contribution in [1.29, 1.82) is 0 Å². The van der Waals surface area contributed by atoms with Crippen molar-refractivity contribution in [2.24, 2.45) is 5.92 Å². The molecule has 0 bridgehead atoms. The van der Waals surface area contributed by atoms with E-state index in [-0.39, 0.29) is 0 Å². The predicted octanol–water partition coefficient (Wildman–Crippen LogP) is 2.51. The van der Waals surface area contributed by atoms with E-state index in [0.29, 0.717) is 12.5 Å². The summed E-state index contributed by atoms with van der Waals surface area (Å²) in [7, 11) is 1.87. The molecule has 1 rings (SSSR count). The topological polar surface area (TPSA) is 47.0 Å². The molecule has 0 aliphatic carbocycles. The minimum absolute atomic E-state index is 0.502. The van der Waals surface area contributed by atoms with E-state index >= 15 is 0 Å². The van der Waals surface area contributed by atoms with Crippen LogP contribution in [0, 0.1) is 5.92 Å². The van der Waals surface area contributed by atoms with Gasteiger partial charge in [-0.15, -0.1) is 0 Å². The van der Waals surface area contributed by atoms with Gasteiger partial charge in [0.2, 0.25) is 5.88 Å². The van der Waals surface area contributed by atoms with E-state index in [0.717, 1.165) is 30.1 Å². The summed E-state index contributed by atoms with van der Waals surface area (Å²) >= 11 is 0. The first kappa shape index (κ1) is 12.7. The second-order valence-electron chi connectivity index (χ2n) is 4.21. The van der Waals surface area contributed by atoms with Crippen molar-refractivity contribution < 1.29 is 4.74 Å². The van der Waals surface area contributed by atoms with Crippen molar-refractivity contribution in [2.75, 3.05) is 19.0 Å². The normalized spacial score (nSPS) is 10.6. The first-order valence-corrected chi connectivity index (χ1v) is 5.83. The lowest BCUT2D eigenvalue weighted by Crippen LogP contribution is -2.10. The molecular formula is C12H21N3O. The molecule has 1 heterocycles. The van der Waals surface area contributed by atoms with Crippen molar-refractivity contribution >= 4 is 5.82 Å². The van der Waals surface area contributed by atoms with E-state index in [2.05, 4.69) is 36.1 Å². The van der Waals surface area contributed by atoms with Crippen molar-refractivity contribution in [1.82, 2.24) is 9.97 Å². The van der Waals surface area contributed by atoms with Gasteiger partial charge in [-0.25, -0.2) is 9.97 Å². The third-order valence-corrected chi connectivity index (χ3v) is 2.20. The lowest BCUT2D eigenvalue weighted by atomic mass is 10.1. The summed E-state index contributed by atoms with van der Waals surface area (Å²) in [5, 5.41) is 3.08. The Morgan fingerprint density at radius 2 is 2.12 bits per heavy atom. The molecule has 4 nitrogen and oxygen atoms in total. The van der Waals surface area contributed by atoms with Gasteiger partial charge in [-0.1, -0.05) is 27.2 Å². The molecule has 1 aromatic rings. The zero-order valence-electron chi connectivity index (χ0n) is 10.6. The van der Waals surface area contributed by atoms with Crippen LogP contribution in [0.2, 0.25) is 0 Å². The molecule has 16 heavy (non-hydrogen) atoms. The predicted molar refractivity (Wildman–Crippen MR) is 65.9 cm³/mol. The van der Waals surface area contributed by atoms with Gasteiger partial charge in [0.05, 0.1) is 12.2 Å². The van der Waals surface area contributed by atoms with Crippen LogP contribution < -0.4 is 10.1 Å². The Kier molecular flexibility index (Phi) is 5.02. The minimum Gasteiger partial charge on any atom is -0.477 e. The van der Waals surface area contributed by atoms with Gasteiger partial charge in [0.15, 0.2) is 0 Å². The number of hydrogen-bond donors (Lipinski definition) is 1. The van der Waals surface area contributed by atoms with E-state index in [1.165, 1.54) is 0 Å². The molecule has 4 heteroatoms. The lowest BCUT2D eigenvalue weighted by molar-refractivity contribution is 0.258. The van der Waals surface area contributed by atoms with Gasteiger partial charge in [-0.3, -0.25) is 0 Å². The Morgan fingerprint density at radius 1 is 1.38 bits per heavy atom. The van der Waals surface area contributed by atoms with Gasteiger partial charge in [-0.2, -0.15) is 0 Å². The maximum Gasteiger partial charge on any atom is 0.221 e. The van der Waals surface area contributed by atoms with Crippen LogP contribution in [-0.2, 0) is 6.42 Å². The fourth-order valence-electron chi connectivity index (χ4n) is 1.46. The lowest BCUT2D eigenvalue weighted by Gasteiger charge is -2.13. The summed E-state index contributed by atoms with van der Waals surface area (Å²) in [6, 6.07) is 0. The molecule has 0 fully saturated rings. The maximum atomic E-state index is 5.70. The van der Waals surface area contributed by atoms with E-state index in [9.17, 15) is 0 Å². The third-order valence-electron chi connectivity index (χ3n) is 2.20. The van der Waals surface area contributed by atoms with Crippen LogP contribution in [0.3, 0.4) is 0 Å². The van der Waals surface area contributed by atoms with Gasteiger partial charge >= 0.3 is 0 Å². The molecule has 90 valence electrons. The molecule has 0 saturated heterocycles. The third kappa shape index (κ3) is 3.36. The fraction of sp³-hybridized carbons (Fsp3) is 0.667. The molecular weight excluding hydrogens is 202 g/mol. The molecule has 0 unspecified atom stereocenters. The van der Waals surface area contributed by atoms with E-state index in [4.69, 9.17) is 4.74 Å². The molecule has 0 radical (unpaired) electrons.